The number of carbonyl (C=O) groups excluding carboxylic acids is 2. The highest BCUT2D eigenvalue weighted by Crippen LogP contribution is 2.27. The minimum absolute atomic E-state index is 0.0144. The zero-order chi connectivity index (χ0) is 19.7. The lowest BCUT2D eigenvalue weighted by Crippen LogP contribution is -2.36. The Labute approximate surface area is 162 Å². The molecule has 28 heavy (non-hydrogen) atoms. The van der Waals surface area contributed by atoms with Crippen LogP contribution in [-0.2, 0) is 9.59 Å². The first-order valence-corrected chi connectivity index (χ1v) is 9.24. The van der Waals surface area contributed by atoms with Gasteiger partial charge in [0.2, 0.25) is 17.8 Å². The van der Waals surface area contributed by atoms with Crippen LogP contribution in [0.2, 0.25) is 0 Å². The van der Waals surface area contributed by atoms with E-state index in [9.17, 15) is 9.59 Å². The molecule has 1 aliphatic heterocycles. The molecule has 0 saturated heterocycles. The molecule has 0 bridgehead atoms. The molecule has 3 aromatic rings. The number of aromatic nitrogens is 3. The monoisotopic (exact) mass is 375 g/mol. The zero-order valence-corrected chi connectivity index (χ0v) is 15.7. The van der Waals surface area contributed by atoms with E-state index in [1.807, 2.05) is 54.6 Å². The van der Waals surface area contributed by atoms with E-state index in [4.69, 9.17) is 0 Å². The minimum Gasteiger partial charge on any atom is -0.324 e. The third-order valence-electron chi connectivity index (χ3n) is 4.74. The Hall–Kier alpha value is -3.48. The molecule has 0 unspecified atom stereocenters. The second kappa shape index (κ2) is 7.26. The van der Waals surface area contributed by atoms with Gasteiger partial charge in [-0.05, 0) is 23.6 Å². The van der Waals surface area contributed by atoms with E-state index in [1.54, 1.807) is 0 Å². The molecule has 2 heterocycles. The molecule has 0 radical (unpaired) electrons. The van der Waals surface area contributed by atoms with Gasteiger partial charge in [0, 0.05) is 11.3 Å². The number of amides is 2. The molecular weight excluding hydrogens is 354 g/mol. The molecule has 2 amide bonds. The van der Waals surface area contributed by atoms with Crippen molar-refractivity contribution in [1.82, 2.24) is 14.8 Å². The van der Waals surface area contributed by atoms with E-state index in [-0.39, 0.29) is 24.2 Å². The maximum Gasteiger partial charge on any atom is 0.249 e. The molecule has 1 aliphatic rings. The summed E-state index contributed by atoms with van der Waals surface area (Å²) in [5.74, 6) is 0.621. The van der Waals surface area contributed by atoms with Crippen molar-refractivity contribution in [3.8, 4) is 11.4 Å². The topological polar surface area (TPSA) is 88.9 Å². The first-order chi connectivity index (χ1) is 13.5. The van der Waals surface area contributed by atoms with Gasteiger partial charge in [-0.1, -0.05) is 56.3 Å². The Morgan fingerprint density at radius 2 is 1.86 bits per heavy atom. The predicted molar refractivity (Wildman–Crippen MR) is 107 cm³/mol. The fraction of sp³-hybridized carbons (Fsp3) is 0.238. The first-order valence-electron chi connectivity index (χ1n) is 9.24. The Balaban J connectivity index is 1.59. The zero-order valence-electron chi connectivity index (χ0n) is 15.7. The molecule has 142 valence electrons. The lowest BCUT2D eigenvalue weighted by atomic mass is 10.0. The summed E-state index contributed by atoms with van der Waals surface area (Å²) < 4.78 is 1.49. The van der Waals surface area contributed by atoms with Gasteiger partial charge in [-0.25, -0.2) is 4.68 Å². The van der Waals surface area contributed by atoms with Gasteiger partial charge in [0.25, 0.3) is 0 Å². The van der Waals surface area contributed by atoms with Crippen LogP contribution >= 0.6 is 0 Å². The third-order valence-corrected chi connectivity index (χ3v) is 4.74. The molecule has 2 N–H and O–H groups in total. The van der Waals surface area contributed by atoms with Gasteiger partial charge in [-0.3, -0.25) is 14.9 Å². The fourth-order valence-electron chi connectivity index (χ4n) is 3.15. The number of hydrogen-bond acceptors (Lipinski definition) is 4. The number of anilines is 2. The summed E-state index contributed by atoms with van der Waals surface area (Å²) in [5.41, 5.74) is 2.70. The Morgan fingerprint density at radius 1 is 1.14 bits per heavy atom. The van der Waals surface area contributed by atoms with Crippen molar-refractivity contribution in [1.29, 1.82) is 0 Å². The van der Waals surface area contributed by atoms with Gasteiger partial charge in [-0.15, -0.1) is 5.10 Å². The number of benzene rings is 2. The van der Waals surface area contributed by atoms with Gasteiger partial charge in [-0.2, -0.15) is 4.98 Å². The van der Waals surface area contributed by atoms with E-state index in [0.717, 1.165) is 5.56 Å². The molecule has 1 atom stereocenters. The highest BCUT2D eigenvalue weighted by Gasteiger charge is 2.33. The van der Waals surface area contributed by atoms with E-state index in [1.165, 1.54) is 10.2 Å². The second-order valence-corrected chi connectivity index (χ2v) is 7.10. The molecule has 7 heteroatoms. The highest BCUT2D eigenvalue weighted by molar-refractivity contribution is 6.00. The molecule has 0 saturated carbocycles. The van der Waals surface area contributed by atoms with Crippen LogP contribution in [-0.4, -0.2) is 26.6 Å². The van der Waals surface area contributed by atoms with Crippen LogP contribution in [0.5, 0.6) is 0 Å². The van der Waals surface area contributed by atoms with Gasteiger partial charge in [0.15, 0.2) is 5.82 Å². The van der Waals surface area contributed by atoms with Crippen molar-refractivity contribution in [2.24, 2.45) is 0 Å². The maximum absolute atomic E-state index is 12.9. The largest absolute Gasteiger partial charge is 0.324 e. The van der Waals surface area contributed by atoms with Crippen LogP contribution < -0.4 is 10.6 Å². The van der Waals surface area contributed by atoms with Crippen molar-refractivity contribution in [2.75, 3.05) is 10.6 Å². The number of fused-ring (bicyclic) bond motifs is 1. The summed E-state index contributed by atoms with van der Waals surface area (Å²) in [5, 5.41) is 10.0. The van der Waals surface area contributed by atoms with Gasteiger partial charge >= 0.3 is 0 Å². The Morgan fingerprint density at radius 3 is 2.54 bits per heavy atom. The number of nitrogens with zero attached hydrogens (tertiary/aromatic N) is 3. The smallest absolute Gasteiger partial charge is 0.249 e. The second-order valence-electron chi connectivity index (χ2n) is 7.10. The SMILES string of the molecule is CC(C)c1ccc(NC(=O)[C@H]2CC(=O)Nc3nc(-c4ccccc4)nn32)cc1. The molecule has 4 rings (SSSR count). The van der Waals surface area contributed by atoms with E-state index in [2.05, 4.69) is 34.6 Å². The Kier molecular flexibility index (Phi) is 4.65. The Bertz CT molecular complexity index is 1010. The maximum atomic E-state index is 12.9. The van der Waals surface area contributed by atoms with Crippen LogP contribution in [0.15, 0.2) is 54.6 Å². The number of nitrogens with one attached hydrogen (secondary N) is 2. The third kappa shape index (κ3) is 3.51. The van der Waals surface area contributed by atoms with Gasteiger partial charge < -0.3 is 5.32 Å². The normalized spacial score (nSPS) is 15.8. The van der Waals surface area contributed by atoms with Crippen LogP contribution in [0.4, 0.5) is 11.6 Å². The quantitative estimate of drug-likeness (QED) is 0.729. The number of rotatable bonds is 4. The lowest BCUT2D eigenvalue weighted by Gasteiger charge is -2.22. The van der Waals surface area contributed by atoms with Crippen LogP contribution in [0.25, 0.3) is 11.4 Å². The van der Waals surface area contributed by atoms with Crippen LogP contribution in [0.3, 0.4) is 0 Å². The van der Waals surface area contributed by atoms with Gasteiger partial charge in [0.05, 0.1) is 6.42 Å². The van der Waals surface area contributed by atoms with Crippen LogP contribution in [0, 0.1) is 0 Å². The van der Waals surface area contributed by atoms with Crippen LogP contribution in [0.1, 0.15) is 37.8 Å². The summed E-state index contributed by atoms with van der Waals surface area (Å²) in [4.78, 5) is 29.3. The average Bonchev–Trinajstić information content (AvgIpc) is 3.12. The summed E-state index contributed by atoms with van der Waals surface area (Å²) >= 11 is 0. The van der Waals surface area contributed by atoms with Crippen molar-refractivity contribution < 1.29 is 9.59 Å². The molecule has 1 aromatic heterocycles. The van der Waals surface area contributed by atoms with Crippen molar-refractivity contribution in [3.05, 3.63) is 60.2 Å². The molecule has 7 nitrogen and oxygen atoms in total. The molecule has 2 aromatic carbocycles. The summed E-state index contributed by atoms with van der Waals surface area (Å²) in [6.45, 7) is 4.23. The fourth-order valence-corrected chi connectivity index (χ4v) is 3.15. The summed E-state index contributed by atoms with van der Waals surface area (Å²) in [6.07, 6.45) is 0.0144. The van der Waals surface area contributed by atoms with Crippen molar-refractivity contribution >= 4 is 23.5 Å². The predicted octanol–water partition coefficient (Wildman–Crippen LogP) is 3.59. The summed E-state index contributed by atoms with van der Waals surface area (Å²) in [6, 6.07) is 16.4. The average molecular weight is 375 g/mol. The number of carbonyl (C=O) groups is 2. The van der Waals surface area contributed by atoms with E-state index in [0.29, 0.717) is 17.4 Å². The lowest BCUT2D eigenvalue weighted by molar-refractivity contribution is -0.125. The number of hydrogen-bond donors (Lipinski definition) is 2. The minimum atomic E-state index is -0.751. The molecule has 0 fully saturated rings. The first kappa shape index (κ1) is 17.9. The molecule has 0 spiro atoms. The van der Waals surface area contributed by atoms with E-state index >= 15 is 0 Å². The highest BCUT2D eigenvalue weighted by atomic mass is 16.2. The van der Waals surface area contributed by atoms with E-state index < -0.39 is 6.04 Å². The summed E-state index contributed by atoms with van der Waals surface area (Å²) in [7, 11) is 0. The molecule has 0 aliphatic carbocycles. The van der Waals surface area contributed by atoms with Gasteiger partial charge in [0.1, 0.15) is 6.04 Å². The molecular formula is C21H21N5O2. The standard InChI is InChI=1S/C21H21N5O2/c1-13(2)14-8-10-16(11-9-14)22-20(28)17-12-18(27)23-21-24-19(25-26(17)21)15-6-4-3-5-7-15/h3-11,13,17H,12H2,1-2H3,(H,22,28)(H,23,24,25,27)/t17-/m1/s1. The van der Waals surface area contributed by atoms with Crippen molar-refractivity contribution in [2.45, 2.75) is 32.2 Å². The van der Waals surface area contributed by atoms with Crippen molar-refractivity contribution in [3.63, 3.8) is 0 Å².